The maximum atomic E-state index is 13.5. The number of halogens is 1. The molecule has 4 heteroatoms. The van der Waals surface area contributed by atoms with Crippen LogP contribution < -0.4 is 5.73 Å². The van der Waals surface area contributed by atoms with E-state index in [2.05, 4.69) is 25.1 Å². The number of benzene rings is 1. The van der Waals surface area contributed by atoms with Gasteiger partial charge in [-0.3, -0.25) is 0 Å². The average Bonchev–Trinajstić information content (AvgIpc) is 2.39. The van der Waals surface area contributed by atoms with E-state index in [0.29, 0.717) is 11.6 Å². The Bertz CT molecular complexity index is 398. The van der Waals surface area contributed by atoms with Gasteiger partial charge in [0.2, 0.25) is 0 Å². The molecule has 0 saturated heterocycles. The quantitative estimate of drug-likeness (QED) is 0.833. The molecule has 0 aliphatic carbocycles. The fraction of sp³-hybridized carbons (Fsp3) is 0.600. The average molecular weight is 284 g/mol. The van der Waals surface area contributed by atoms with Crippen molar-refractivity contribution in [2.75, 3.05) is 25.6 Å². The molecule has 0 aromatic heterocycles. The molecule has 0 bridgehead atoms. The summed E-state index contributed by atoms with van der Waals surface area (Å²) in [5, 5.41) is 0. The highest BCUT2D eigenvalue weighted by Gasteiger charge is 2.12. The van der Waals surface area contributed by atoms with Gasteiger partial charge in [0, 0.05) is 17.8 Å². The van der Waals surface area contributed by atoms with Crippen molar-refractivity contribution in [1.82, 2.24) is 4.90 Å². The molecule has 2 nitrogen and oxygen atoms in total. The first-order valence-electron chi connectivity index (χ1n) is 6.66. The normalized spacial score (nSPS) is 14.7. The summed E-state index contributed by atoms with van der Waals surface area (Å²) in [5.74, 6) is 0.947. The molecule has 0 radical (unpaired) electrons. The minimum atomic E-state index is -0.169. The van der Waals surface area contributed by atoms with Gasteiger partial charge in [-0.05, 0) is 57.3 Å². The third-order valence-corrected chi connectivity index (χ3v) is 4.39. The molecule has 1 aromatic rings. The van der Waals surface area contributed by atoms with E-state index in [1.807, 2.05) is 17.8 Å². The van der Waals surface area contributed by atoms with Gasteiger partial charge in [-0.2, -0.15) is 11.8 Å². The second kappa shape index (κ2) is 7.88. The minimum Gasteiger partial charge on any atom is -0.324 e. The number of nitrogens with two attached hydrogens (primary N) is 1. The Hall–Kier alpha value is -0.580. The van der Waals surface area contributed by atoms with Crippen molar-refractivity contribution < 1.29 is 4.39 Å². The van der Waals surface area contributed by atoms with Gasteiger partial charge in [0.1, 0.15) is 5.82 Å². The van der Waals surface area contributed by atoms with E-state index in [-0.39, 0.29) is 11.9 Å². The Kier molecular flexibility index (Phi) is 6.83. The summed E-state index contributed by atoms with van der Waals surface area (Å²) in [4.78, 5) is 2.31. The molecule has 2 unspecified atom stereocenters. The molecule has 0 heterocycles. The summed E-state index contributed by atoms with van der Waals surface area (Å²) in [6.45, 7) is 4.91. The molecular formula is C15H25FN2S. The molecule has 2 atom stereocenters. The fourth-order valence-corrected chi connectivity index (χ4v) is 2.67. The third-order valence-electron chi connectivity index (χ3n) is 3.58. The lowest BCUT2D eigenvalue weighted by atomic mass is 10.0. The van der Waals surface area contributed by atoms with Crippen LogP contribution in [0.15, 0.2) is 18.2 Å². The molecule has 2 N–H and O–H groups in total. The van der Waals surface area contributed by atoms with Gasteiger partial charge in [-0.15, -0.1) is 0 Å². The second-order valence-corrected chi connectivity index (χ2v) is 6.10. The zero-order valence-electron chi connectivity index (χ0n) is 12.3. The molecule has 19 heavy (non-hydrogen) atoms. The minimum absolute atomic E-state index is 0.0981. The summed E-state index contributed by atoms with van der Waals surface area (Å²) >= 11 is 1.85. The maximum absolute atomic E-state index is 13.5. The first-order valence-corrected chi connectivity index (χ1v) is 8.06. The van der Waals surface area contributed by atoms with Crippen molar-refractivity contribution in [3.8, 4) is 0 Å². The van der Waals surface area contributed by atoms with Gasteiger partial charge in [-0.25, -0.2) is 4.39 Å². The lowest BCUT2D eigenvalue weighted by Gasteiger charge is -2.25. The highest BCUT2D eigenvalue weighted by atomic mass is 32.2. The number of hydrogen-bond donors (Lipinski definition) is 1. The van der Waals surface area contributed by atoms with Crippen LogP contribution in [-0.4, -0.2) is 36.5 Å². The Morgan fingerprint density at radius 3 is 2.68 bits per heavy atom. The summed E-state index contributed by atoms with van der Waals surface area (Å²) in [7, 11) is 2.11. The van der Waals surface area contributed by atoms with Crippen molar-refractivity contribution in [1.29, 1.82) is 0 Å². The van der Waals surface area contributed by atoms with Crippen molar-refractivity contribution in [2.45, 2.75) is 32.4 Å². The van der Waals surface area contributed by atoms with Crippen LogP contribution in [0.3, 0.4) is 0 Å². The molecule has 0 aliphatic heterocycles. The summed E-state index contributed by atoms with van der Waals surface area (Å²) < 4.78 is 13.5. The fourth-order valence-electron chi connectivity index (χ4n) is 1.94. The van der Waals surface area contributed by atoms with Gasteiger partial charge in [0.05, 0.1) is 0 Å². The van der Waals surface area contributed by atoms with Crippen molar-refractivity contribution >= 4 is 11.8 Å². The van der Waals surface area contributed by atoms with Crippen LogP contribution in [0.1, 0.15) is 30.5 Å². The number of rotatable bonds is 7. The lowest BCUT2D eigenvalue weighted by Crippen LogP contribution is -2.33. The van der Waals surface area contributed by atoms with Crippen LogP contribution in [0.5, 0.6) is 0 Å². The van der Waals surface area contributed by atoms with E-state index in [9.17, 15) is 4.39 Å². The molecular weight excluding hydrogens is 259 g/mol. The number of nitrogens with zero attached hydrogens (tertiary/aromatic N) is 1. The predicted molar refractivity (Wildman–Crippen MR) is 83.2 cm³/mol. The second-order valence-electron chi connectivity index (χ2n) is 5.19. The Labute approximate surface area is 120 Å². The smallest absolute Gasteiger partial charge is 0.126 e. The number of hydrogen-bond acceptors (Lipinski definition) is 3. The van der Waals surface area contributed by atoms with Gasteiger partial charge in [0.25, 0.3) is 0 Å². The van der Waals surface area contributed by atoms with Gasteiger partial charge < -0.3 is 10.6 Å². The van der Waals surface area contributed by atoms with E-state index in [1.54, 1.807) is 19.1 Å². The molecule has 0 spiro atoms. The number of thioether (sulfide) groups is 1. The first kappa shape index (κ1) is 16.5. The highest BCUT2D eigenvalue weighted by Crippen LogP contribution is 2.18. The topological polar surface area (TPSA) is 29.3 Å². The van der Waals surface area contributed by atoms with Crippen LogP contribution in [0.4, 0.5) is 4.39 Å². The summed E-state index contributed by atoms with van der Waals surface area (Å²) in [6.07, 6.45) is 2.96. The van der Waals surface area contributed by atoms with Crippen molar-refractivity contribution in [2.24, 2.45) is 5.73 Å². The zero-order valence-corrected chi connectivity index (χ0v) is 13.1. The standard InChI is InChI=1S/C15H25FN2S/c1-11-5-6-13(9-14(11)16)15(17)7-8-18(3)12(2)10-19-4/h5-6,9,12,15H,7-8,10,17H2,1-4H3. The SMILES string of the molecule is CSCC(C)N(C)CCC(N)c1ccc(C)c(F)c1. The van der Waals surface area contributed by atoms with Crippen LogP contribution >= 0.6 is 11.8 Å². The van der Waals surface area contributed by atoms with Crippen LogP contribution in [0.2, 0.25) is 0 Å². The molecule has 0 saturated carbocycles. The van der Waals surface area contributed by atoms with Crippen molar-refractivity contribution in [3.63, 3.8) is 0 Å². The van der Waals surface area contributed by atoms with Crippen LogP contribution in [0.25, 0.3) is 0 Å². The highest BCUT2D eigenvalue weighted by molar-refractivity contribution is 7.98. The van der Waals surface area contributed by atoms with Crippen LogP contribution in [0, 0.1) is 12.7 Å². The molecule has 0 fully saturated rings. The molecule has 1 rings (SSSR count). The third kappa shape index (κ3) is 5.13. The molecule has 1 aromatic carbocycles. The monoisotopic (exact) mass is 284 g/mol. The lowest BCUT2D eigenvalue weighted by molar-refractivity contribution is 0.267. The van der Waals surface area contributed by atoms with E-state index in [0.717, 1.165) is 24.3 Å². The maximum Gasteiger partial charge on any atom is 0.126 e. The van der Waals surface area contributed by atoms with Gasteiger partial charge in [-0.1, -0.05) is 12.1 Å². The van der Waals surface area contributed by atoms with Gasteiger partial charge in [0.15, 0.2) is 0 Å². The predicted octanol–water partition coefficient (Wildman–Crippen LogP) is 3.21. The Morgan fingerprint density at radius 1 is 1.42 bits per heavy atom. The van der Waals surface area contributed by atoms with Crippen LogP contribution in [-0.2, 0) is 0 Å². The van der Waals surface area contributed by atoms with E-state index >= 15 is 0 Å². The molecule has 108 valence electrons. The zero-order chi connectivity index (χ0) is 14.4. The first-order chi connectivity index (χ1) is 8.95. The van der Waals surface area contributed by atoms with Crippen molar-refractivity contribution in [3.05, 3.63) is 35.1 Å². The summed E-state index contributed by atoms with van der Waals surface area (Å²) in [6, 6.07) is 5.72. The Morgan fingerprint density at radius 2 is 2.11 bits per heavy atom. The van der Waals surface area contributed by atoms with E-state index in [4.69, 9.17) is 5.73 Å². The largest absolute Gasteiger partial charge is 0.324 e. The number of aryl methyl sites for hydroxylation is 1. The van der Waals surface area contributed by atoms with Gasteiger partial charge >= 0.3 is 0 Å². The molecule has 0 aliphatic rings. The van der Waals surface area contributed by atoms with E-state index < -0.39 is 0 Å². The molecule has 0 amide bonds. The summed E-state index contributed by atoms with van der Waals surface area (Å²) in [5.41, 5.74) is 7.69. The van der Waals surface area contributed by atoms with E-state index in [1.165, 1.54) is 0 Å². The Balaban J connectivity index is 2.50.